The summed E-state index contributed by atoms with van der Waals surface area (Å²) in [7, 11) is 0. The van der Waals surface area contributed by atoms with Gasteiger partial charge in [-0.2, -0.15) is 4.39 Å². The van der Waals surface area contributed by atoms with Gasteiger partial charge in [0, 0.05) is 6.20 Å². The second-order valence-electron chi connectivity index (χ2n) is 2.58. The van der Waals surface area contributed by atoms with E-state index in [0.717, 1.165) is 0 Å². The number of rotatable bonds is 0. The number of imidazole rings is 1. The van der Waals surface area contributed by atoms with Crippen molar-refractivity contribution in [3.63, 3.8) is 0 Å². The lowest BCUT2D eigenvalue weighted by atomic mass is 10.4. The Balaban J connectivity index is 2.95. The molecule has 12 heavy (non-hydrogen) atoms. The first-order chi connectivity index (χ1) is 5.70. The van der Waals surface area contributed by atoms with Gasteiger partial charge in [-0.1, -0.05) is 0 Å². The molecule has 62 valence electrons. The molecule has 0 unspecified atom stereocenters. The van der Waals surface area contributed by atoms with E-state index in [1.54, 1.807) is 13.0 Å². The van der Waals surface area contributed by atoms with Gasteiger partial charge in [0.1, 0.15) is 0 Å². The van der Waals surface area contributed by atoms with Crippen LogP contribution in [0.25, 0.3) is 5.65 Å². The van der Waals surface area contributed by atoms with Crippen molar-refractivity contribution in [2.45, 2.75) is 6.92 Å². The zero-order chi connectivity index (χ0) is 8.72. The Labute approximate surface area is 68.1 Å². The zero-order valence-corrected chi connectivity index (χ0v) is 6.45. The standard InChI is InChI=1S/C8H7FN2O/c1-5-7(9)11-4-2-3-6(12)8(11)10-5/h2-4,12H,1H3. The van der Waals surface area contributed by atoms with Crippen molar-refractivity contribution >= 4 is 5.65 Å². The zero-order valence-electron chi connectivity index (χ0n) is 6.45. The lowest BCUT2D eigenvalue weighted by Gasteiger charge is -1.94. The van der Waals surface area contributed by atoms with Gasteiger partial charge in [0.05, 0.1) is 5.69 Å². The molecule has 2 aromatic heterocycles. The molecule has 0 amide bonds. The van der Waals surface area contributed by atoms with Crippen molar-refractivity contribution in [1.29, 1.82) is 0 Å². The number of fused-ring (bicyclic) bond motifs is 1. The third-order valence-corrected chi connectivity index (χ3v) is 1.73. The van der Waals surface area contributed by atoms with Crippen molar-refractivity contribution in [3.05, 3.63) is 30.0 Å². The summed E-state index contributed by atoms with van der Waals surface area (Å²) in [6.07, 6.45) is 1.52. The molecule has 0 aliphatic heterocycles. The van der Waals surface area contributed by atoms with E-state index >= 15 is 0 Å². The summed E-state index contributed by atoms with van der Waals surface area (Å²) in [6, 6.07) is 3.04. The van der Waals surface area contributed by atoms with Gasteiger partial charge < -0.3 is 5.11 Å². The number of halogens is 1. The quantitative estimate of drug-likeness (QED) is 0.643. The third-order valence-electron chi connectivity index (χ3n) is 1.73. The van der Waals surface area contributed by atoms with E-state index in [-0.39, 0.29) is 17.1 Å². The maximum absolute atomic E-state index is 13.1. The molecule has 1 N–H and O–H groups in total. The molecule has 0 saturated carbocycles. The highest BCUT2D eigenvalue weighted by Crippen LogP contribution is 2.18. The molecule has 0 saturated heterocycles. The Morgan fingerprint density at radius 3 is 3.00 bits per heavy atom. The van der Waals surface area contributed by atoms with Crippen LogP contribution in [0, 0.1) is 12.9 Å². The van der Waals surface area contributed by atoms with Crippen LogP contribution in [0.4, 0.5) is 4.39 Å². The molecule has 0 atom stereocenters. The molecule has 3 nitrogen and oxygen atoms in total. The van der Waals surface area contributed by atoms with E-state index in [0.29, 0.717) is 0 Å². The Hall–Kier alpha value is -1.58. The van der Waals surface area contributed by atoms with Crippen LogP contribution in [0.5, 0.6) is 5.75 Å². The smallest absolute Gasteiger partial charge is 0.220 e. The molecule has 0 bridgehead atoms. The Morgan fingerprint density at radius 1 is 1.58 bits per heavy atom. The van der Waals surface area contributed by atoms with E-state index in [1.165, 1.54) is 16.7 Å². The summed E-state index contributed by atoms with van der Waals surface area (Å²) < 4.78 is 14.3. The molecular weight excluding hydrogens is 159 g/mol. The number of pyridine rings is 1. The number of nitrogens with zero attached hydrogens (tertiary/aromatic N) is 2. The largest absolute Gasteiger partial charge is 0.504 e. The van der Waals surface area contributed by atoms with Crippen molar-refractivity contribution in [1.82, 2.24) is 9.38 Å². The van der Waals surface area contributed by atoms with E-state index in [9.17, 15) is 9.50 Å². The lowest BCUT2D eigenvalue weighted by molar-refractivity contribution is 0.475. The maximum Gasteiger partial charge on any atom is 0.220 e. The molecule has 2 heterocycles. The van der Waals surface area contributed by atoms with Crippen LogP contribution in [0.3, 0.4) is 0 Å². The highest BCUT2D eigenvalue weighted by Gasteiger charge is 2.09. The minimum atomic E-state index is -0.430. The van der Waals surface area contributed by atoms with Gasteiger partial charge >= 0.3 is 0 Å². The average Bonchev–Trinajstić information content (AvgIpc) is 2.32. The number of aryl methyl sites for hydroxylation is 1. The second kappa shape index (κ2) is 2.20. The first-order valence-corrected chi connectivity index (χ1v) is 3.52. The summed E-state index contributed by atoms with van der Waals surface area (Å²) in [6.45, 7) is 1.56. The summed E-state index contributed by atoms with van der Waals surface area (Å²) >= 11 is 0. The van der Waals surface area contributed by atoms with Gasteiger partial charge in [-0.3, -0.25) is 4.40 Å². The Bertz CT molecular complexity index is 436. The third kappa shape index (κ3) is 0.777. The van der Waals surface area contributed by atoms with Crippen molar-refractivity contribution in [2.75, 3.05) is 0 Å². The fourth-order valence-electron chi connectivity index (χ4n) is 1.14. The second-order valence-corrected chi connectivity index (χ2v) is 2.58. The summed E-state index contributed by atoms with van der Waals surface area (Å²) in [5.74, 6) is -0.439. The molecule has 0 aliphatic carbocycles. The topological polar surface area (TPSA) is 37.5 Å². The van der Waals surface area contributed by atoms with E-state index in [4.69, 9.17) is 0 Å². The van der Waals surface area contributed by atoms with E-state index < -0.39 is 5.95 Å². The SMILES string of the molecule is Cc1nc2c(O)cccn2c1F. The van der Waals surface area contributed by atoms with E-state index in [2.05, 4.69) is 4.98 Å². The summed E-state index contributed by atoms with van der Waals surface area (Å²) in [5.41, 5.74) is 0.545. The van der Waals surface area contributed by atoms with Gasteiger partial charge in [-0.05, 0) is 19.1 Å². The fraction of sp³-hybridized carbons (Fsp3) is 0.125. The fourth-order valence-corrected chi connectivity index (χ4v) is 1.14. The first-order valence-electron chi connectivity index (χ1n) is 3.52. The minimum Gasteiger partial charge on any atom is -0.504 e. The molecule has 0 aliphatic rings. The lowest BCUT2D eigenvalue weighted by Crippen LogP contribution is -1.87. The first kappa shape index (κ1) is 7.09. The van der Waals surface area contributed by atoms with Gasteiger partial charge in [-0.25, -0.2) is 4.98 Å². The average molecular weight is 166 g/mol. The predicted octanol–water partition coefficient (Wildman–Crippen LogP) is 1.49. The molecule has 2 rings (SSSR count). The van der Waals surface area contributed by atoms with Crippen LogP contribution in [-0.4, -0.2) is 14.5 Å². The minimum absolute atomic E-state index is 0.00972. The summed E-state index contributed by atoms with van der Waals surface area (Å²) in [5, 5.41) is 9.26. The monoisotopic (exact) mass is 166 g/mol. The molecule has 0 aromatic carbocycles. The molecule has 0 spiro atoms. The van der Waals surface area contributed by atoms with Crippen LogP contribution in [0.2, 0.25) is 0 Å². The Morgan fingerprint density at radius 2 is 2.33 bits per heavy atom. The maximum atomic E-state index is 13.1. The highest BCUT2D eigenvalue weighted by atomic mass is 19.1. The number of aromatic hydroxyl groups is 1. The van der Waals surface area contributed by atoms with Gasteiger partial charge in [0.15, 0.2) is 11.4 Å². The van der Waals surface area contributed by atoms with Crippen molar-refractivity contribution in [3.8, 4) is 5.75 Å². The van der Waals surface area contributed by atoms with Crippen molar-refractivity contribution in [2.24, 2.45) is 0 Å². The predicted molar refractivity (Wildman–Crippen MR) is 41.6 cm³/mol. The number of aromatic nitrogens is 2. The van der Waals surface area contributed by atoms with E-state index in [1.807, 2.05) is 0 Å². The van der Waals surface area contributed by atoms with Crippen LogP contribution >= 0.6 is 0 Å². The van der Waals surface area contributed by atoms with Crippen LogP contribution in [0.1, 0.15) is 5.69 Å². The number of hydrogen-bond donors (Lipinski definition) is 1. The summed E-state index contributed by atoms with van der Waals surface area (Å²) in [4.78, 5) is 3.85. The molecule has 4 heteroatoms. The number of hydrogen-bond acceptors (Lipinski definition) is 2. The highest BCUT2D eigenvalue weighted by molar-refractivity contribution is 5.53. The molecule has 0 fully saturated rings. The van der Waals surface area contributed by atoms with Crippen molar-refractivity contribution < 1.29 is 9.50 Å². The van der Waals surface area contributed by atoms with Crippen LogP contribution < -0.4 is 0 Å². The Kier molecular flexibility index (Phi) is 1.30. The molecule has 0 radical (unpaired) electrons. The van der Waals surface area contributed by atoms with Crippen LogP contribution in [-0.2, 0) is 0 Å². The normalized spacial score (nSPS) is 10.8. The molecular formula is C8H7FN2O. The van der Waals surface area contributed by atoms with Gasteiger partial charge in [-0.15, -0.1) is 0 Å². The van der Waals surface area contributed by atoms with Crippen LogP contribution in [0.15, 0.2) is 18.3 Å². The van der Waals surface area contributed by atoms with Gasteiger partial charge in [0.25, 0.3) is 0 Å². The van der Waals surface area contributed by atoms with Gasteiger partial charge in [0.2, 0.25) is 5.95 Å². The molecule has 2 aromatic rings.